The molecular formula is C20H24BrN3O. The summed E-state index contributed by atoms with van der Waals surface area (Å²) in [7, 11) is 0. The molecule has 0 aromatic heterocycles. The first-order chi connectivity index (χ1) is 12.0. The molecule has 1 saturated heterocycles. The highest BCUT2D eigenvalue weighted by Crippen LogP contribution is 2.32. The fraction of sp³-hybridized carbons (Fsp3) is 0.350. The van der Waals surface area contributed by atoms with Crippen LogP contribution in [0.2, 0.25) is 0 Å². The highest BCUT2D eigenvalue weighted by Gasteiger charge is 2.45. The van der Waals surface area contributed by atoms with Crippen molar-refractivity contribution in [2.24, 2.45) is 11.7 Å². The number of piperidine rings is 1. The lowest BCUT2D eigenvalue weighted by atomic mass is 9.77. The average molecular weight is 402 g/mol. The Bertz CT molecular complexity index is 719. The van der Waals surface area contributed by atoms with Crippen LogP contribution in [0.5, 0.6) is 0 Å². The van der Waals surface area contributed by atoms with Crippen LogP contribution in [0.15, 0.2) is 59.1 Å². The van der Waals surface area contributed by atoms with Gasteiger partial charge in [0.2, 0.25) is 5.91 Å². The number of primary amides is 1. The van der Waals surface area contributed by atoms with Gasteiger partial charge in [-0.3, -0.25) is 9.69 Å². The summed E-state index contributed by atoms with van der Waals surface area (Å²) in [6, 6.07) is 18.3. The number of benzene rings is 2. The average Bonchev–Trinajstić information content (AvgIpc) is 2.60. The number of nitrogens with one attached hydrogen (secondary N) is 1. The second-order valence-corrected chi connectivity index (χ2v) is 7.75. The summed E-state index contributed by atoms with van der Waals surface area (Å²) < 4.78 is 1.01. The molecule has 132 valence electrons. The number of anilines is 1. The molecule has 1 fully saturated rings. The van der Waals surface area contributed by atoms with Crippen molar-refractivity contribution in [3.63, 3.8) is 0 Å². The van der Waals surface area contributed by atoms with Crippen molar-refractivity contribution in [1.29, 1.82) is 0 Å². The van der Waals surface area contributed by atoms with E-state index in [-0.39, 0.29) is 11.8 Å². The monoisotopic (exact) mass is 401 g/mol. The van der Waals surface area contributed by atoms with Crippen LogP contribution < -0.4 is 11.1 Å². The molecule has 3 N–H and O–H groups in total. The predicted molar refractivity (Wildman–Crippen MR) is 105 cm³/mol. The van der Waals surface area contributed by atoms with Gasteiger partial charge in [-0.25, -0.2) is 0 Å². The Labute approximate surface area is 157 Å². The Kier molecular flexibility index (Phi) is 5.45. The molecule has 2 atom stereocenters. The summed E-state index contributed by atoms with van der Waals surface area (Å²) in [5, 5.41) is 3.43. The lowest BCUT2D eigenvalue weighted by molar-refractivity contribution is -0.125. The molecule has 2 aromatic rings. The summed E-state index contributed by atoms with van der Waals surface area (Å²) in [4.78, 5) is 14.7. The highest BCUT2D eigenvalue weighted by atomic mass is 79.9. The number of likely N-dealkylation sites (tertiary alicyclic amines) is 1. The van der Waals surface area contributed by atoms with E-state index in [1.807, 2.05) is 30.3 Å². The minimum absolute atomic E-state index is 0.117. The van der Waals surface area contributed by atoms with Crippen molar-refractivity contribution in [3.8, 4) is 0 Å². The summed E-state index contributed by atoms with van der Waals surface area (Å²) in [5.41, 5.74) is 7.35. The van der Waals surface area contributed by atoms with E-state index in [2.05, 4.69) is 57.3 Å². The Morgan fingerprint density at radius 2 is 1.92 bits per heavy atom. The summed E-state index contributed by atoms with van der Waals surface area (Å²) in [6.07, 6.45) is 0.701. The third-order valence-electron chi connectivity index (χ3n) is 5.10. The topological polar surface area (TPSA) is 58.4 Å². The van der Waals surface area contributed by atoms with Gasteiger partial charge in [-0.05, 0) is 36.2 Å². The second-order valence-electron chi connectivity index (χ2n) is 6.84. The molecule has 4 nitrogen and oxygen atoms in total. The quantitative estimate of drug-likeness (QED) is 0.803. The SMILES string of the molecule is CC1CN(Cc2ccccc2)CCC1(Nc1ccc(Br)cc1)C(N)=O. The molecule has 1 aliphatic rings. The predicted octanol–water partition coefficient (Wildman–Crippen LogP) is 3.63. The zero-order valence-corrected chi connectivity index (χ0v) is 16.0. The minimum Gasteiger partial charge on any atom is -0.371 e. The number of rotatable bonds is 5. The maximum atomic E-state index is 12.4. The van der Waals surface area contributed by atoms with Gasteiger partial charge in [0, 0.05) is 35.7 Å². The van der Waals surface area contributed by atoms with Gasteiger partial charge >= 0.3 is 0 Å². The van der Waals surface area contributed by atoms with Gasteiger partial charge in [0.15, 0.2) is 0 Å². The van der Waals surface area contributed by atoms with Crippen LogP contribution in [-0.2, 0) is 11.3 Å². The van der Waals surface area contributed by atoms with Gasteiger partial charge in [0.25, 0.3) is 0 Å². The van der Waals surface area contributed by atoms with E-state index in [0.717, 1.165) is 29.8 Å². The van der Waals surface area contributed by atoms with Gasteiger partial charge < -0.3 is 11.1 Å². The molecule has 0 saturated carbocycles. The zero-order valence-electron chi connectivity index (χ0n) is 14.4. The van der Waals surface area contributed by atoms with Crippen molar-refractivity contribution in [1.82, 2.24) is 4.90 Å². The highest BCUT2D eigenvalue weighted by molar-refractivity contribution is 9.10. The Hall–Kier alpha value is -1.85. The molecule has 3 rings (SSSR count). The largest absolute Gasteiger partial charge is 0.371 e. The van der Waals surface area contributed by atoms with Crippen LogP contribution in [0.25, 0.3) is 0 Å². The molecular weight excluding hydrogens is 378 g/mol. The maximum absolute atomic E-state index is 12.4. The molecule has 1 amide bonds. The summed E-state index contributed by atoms with van der Waals surface area (Å²) in [6.45, 7) is 4.68. The van der Waals surface area contributed by atoms with Gasteiger partial charge in [-0.2, -0.15) is 0 Å². The van der Waals surface area contributed by atoms with Gasteiger partial charge in [-0.15, -0.1) is 0 Å². The molecule has 0 spiro atoms. The molecule has 2 aromatic carbocycles. The van der Waals surface area contributed by atoms with Gasteiger partial charge in [0.1, 0.15) is 5.54 Å². The van der Waals surface area contributed by atoms with E-state index in [1.54, 1.807) is 0 Å². The van der Waals surface area contributed by atoms with Gasteiger partial charge in [0.05, 0.1) is 0 Å². The molecule has 25 heavy (non-hydrogen) atoms. The number of hydrogen-bond donors (Lipinski definition) is 2. The Balaban J connectivity index is 1.73. The first-order valence-electron chi connectivity index (χ1n) is 8.59. The lowest BCUT2D eigenvalue weighted by Crippen LogP contribution is -2.62. The zero-order chi connectivity index (χ0) is 17.9. The molecule has 2 unspecified atom stereocenters. The number of nitrogens with zero attached hydrogens (tertiary/aromatic N) is 1. The smallest absolute Gasteiger partial charge is 0.243 e. The van der Waals surface area contributed by atoms with E-state index in [0.29, 0.717) is 6.42 Å². The molecule has 0 radical (unpaired) electrons. The number of carbonyl (C=O) groups is 1. The van der Waals surface area contributed by atoms with Crippen LogP contribution in [0.1, 0.15) is 18.9 Å². The third kappa shape index (κ3) is 4.05. The Morgan fingerprint density at radius 3 is 2.52 bits per heavy atom. The fourth-order valence-corrected chi connectivity index (χ4v) is 3.87. The van der Waals surface area contributed by atoms with Crippen molar-refractivity contribution >= 4 is 27.5 Å². The van der Waals surface area contributed by atoms with Crippen LogP contribution in [0.4, 0.5) is 5.69 Å². The van der Waals surface area contributed by atoms with Crippen LogP contribution in [-0.4, -0.2) is 29.4 Å². The van der Waals surface area contributed by atoms with Crippen molar-refractivity contribution in [2.75, 3.05) is 18.4 Å². The number of amides is 1. The van der Waals surface area contributed by atoms with E-state index in [4.69, 9.17) is 5.73 Å². The van der Waals surface area contributed by atoms with Crippen LogP contribution in [0, 0.1) is 5.92 Å². The first-order valence-corrected chi connectivity index (χ1v) is 9.39. The van der Waals surface area contributed by atoms with Crippen molar-refractivity contribution in [3.05, 3.63) is 64.6 Å². The van der Waals surface area contributed by atoms with Crippen molar-refractivity contribution < 1.29 is 4.79 Å². The molecule has 1 heterocycles. The fourth-order valence-electron chi connectivity index (χ4n) is 3.60. The van der Waals surface area contributed by atoms with E-state index >= 15 is 0 Å². The first kappa shape index (κ1) is 18.0. The summed E-state index contributed by atoms with van der Waals surface area (Å²) >= 11 is 3.44. The number of nitrogens with two attached hydrogens (primary N) is 1. The molecule has 0 aliphatic carbocycles. The van der Waals surface area contributed by atoms with E-state index < -0.39 is 5.54 Å². The number of carbonyl (C=O) groups excluding carboxylic acids is 1. The maximum Gasteiger partial charge on any atom is 0.243 e. The Morgan fingerprint density at radius 1 is 1.24 bits per heavy atom. The molecule has 0 bridgehead atoms. The van der Waals surface area contributed by atoms with Crippen LogP contribution in [0.3, 0.4) is 0 Å². The van der Waals surface area contributed by atoms with Crippen molar-refractivity contribution in [2.45, 2.75) is 25.4 Å². The minimum atomic E-state index is -0.707. The number of halogens is 1. The third-order valence-corrected chi connectivity index (χ3v) is 5.62. The summed E-state index contributed by atoms with van der Waals surface area (Å²) in [5.74, 6) is -0.159. The van der Waals surface area contributed by atoms with E-state index in [1.165, 1.54) is 5.56 Å². The molecule has 1 aliphatic heterocycles. The van der Waals surface area contributed by atoms with Crippen LogP contribution >= 0.6 is 15.9 Å². The van der Waals surface area contributed by atoms with E-state index in [9.17, 15) is 4.79 Å². The standard InChI is InChI=1S/C20H24BrN3O/c1-15-13-24(14-16-5-3-2-4-6-16)12-11-20(15,19(22)25)23-18-9-7-17(21)8-10-18/h2-10,15,23H,11-14H2,1H3,(H2,22,25). The van der Waals surface area contributed by atoms with Gasteiger partial charge in [-0.1, -0.05) is 53.2 Å². The lowest BCUT2D eigenvalue weighted by Gasteiger charge is -2.45. The molecule has 5 heteroatoms. The number of hydrogen-bond acceptors (Lipinski definition) is 3. The second kappa shape index (κ2) is 7.58. The normalized spacial score (nSPS) is 24.0.